The predicted molar refractivity (Wildman–Crippen MR) is 124 cm³/mol. The maximum atomic E-state index is 13.2. The number of rotatable bonds is 7. The molecular formula is C23H29N5O3S. The highest BCUT2D eigenvalue weighted by Crippen LogP contribution is 2.31. The molecule has 1 aromatic heterocycles. The number of hydrogen-bond donors (Lipinski definition) is 1. The van der Waals surface area contributed by atoms with Crippen molar-refractivity contribution in [3.05, 3.63) is 47.3 Å². The fourth-order valence-electron chi connectivity index (χ4n) is 3.86. The van der Waals surface area contributed by atoms with Gasteiger partial charge in [-0.15, -0.1) is 0 Å². The van der Waals surface area contributed by atoms with E-state index in [1.165, 1.54) is 16.4 Å². The molecule has 0 bridgehead atoms. The molecule has 3 rings (SSSR count). The van der Waals surface area contributed by atoms with E-state index in [-0.39, 0.29) is 10.6 Å². The monoisotopic (exact) mass is 455 g/mol. The van der Waals surface area contributed by atoms with Crippen LogP contribution in [0.25, 0.3) is 0 Å². The smallest absolute Gasteiger partial charge is 0.274 e. The van der Waals surface area contributed by atoms with Crippen molar-refractivity contribution < 1.29 is 13.2 Å². The molecule has 32 heavy (non-hydrogen) atoms. The van der Waals surface area contributed by atoms with E-state index >= 15 is 0 Å². The molecule has 1 aromatic carbocycles. The summed E-state index contributed by atoms with van der Waals surface area (Å²) >= 11 is 0. The van der Waals surface area contributed by atoms with Crippen LogP contribution in [0.3, 0.4) is 0 Å². The Labute approximate surface area is 189 Å². The van der Waals surface area contributed by atoms with Gasteiger partial charge in [0.15, 0.2) is 0 Å². The Bertz CT molecular complexity index is 1130. The lowest BCUT2D eigenvalue weighted by Gasteiger charge is -2.28. The molecule has 8 nitrogen and oxygen atoms in total. The van der Waals surface area contributed by atoms with E-state index in [2.05, 4.69) is 10.3 Å². The van der Waals surface area contributed by atoms with Gasteiger partial charge in [-0.2, -0.15) is 9.57 Å². The number of pyridine rings is 1. The molecule has 2 heterocycles. The lowest BCUT2D eigenvalue weighted by Crippen LogP contribution is -2.35. The fraction of sp³-hybridized carbons (Fsp3) is 0.435. The number of nitrogens with zero attached hydrogens (tertiary/aromatic N) is 4. The molecule has 1 aliphatic rings. The normalized spacial score (nSPS) is 14.6. The van der Waals surface area contributed by atoms with Gasteiger partial charge < -0.3 is 10.2 Å². The molecule has 0 aliphatic carbocycles. The summed E-state index contributed by atoms with van der Waals surface area (Å²) in [4.78, 5) is 19.4. The molecule has 1 amide bonds. The number of hydrogen-bond acceptors (Lipinski definition) is 6. The molecular weight excluding hydrogens is 426 g/mol. The van der Waals surface area contributed by atoms with Gasteiger partial charge in [0.2, 0.25) is 10.0 Å². The zero-order chi connectivity index (χ0) is 23.3. The number of anilines is 2. The van der Waals surface area contributed by atoms with Crippen molar-refractivity contribution in [2.45, 2.75) is 44.9 Å². The van der Waals surface area contributed by atoms with Gasteiger partial charge in [-0.3, -0.25) is 4.79 Å². The number of sulfonamides is 1. The lowest BCUT2D eigenvalue weighted by molar-refractivity contribution is 0.102. The summed E-state index contributed by atoms with van der Waals surface area (Å²) in [6.45, 7) is 8.09. The van der Waals surface area contributed by atoms with E-state index in [4.69, 9.17) is 5.26 Å². The van der Waals surface area contributed by atoms with Gasteiger partial charge in [-0.05, 0) is 63.9 Å². The Hall–Kier alpha value is -2.96. The van der Waals surface area contributed by atoms with Gasteiger partial charge in [-0.25, -0.2) is 13.4 Å². The quantitative estimate of drug-likeness (QED) is 0.684. The van der Waals surface area contributed by atoms with Crippen LogP contribution < -0.4 is 10.2 Å². The van der Waals surface area contributed by atoms with Gasteiger partial charge in [0.05, 0.1) is 27.5 Å². The molecule has 1 fully saturated rings. The minimum atomic E-state index is -3.64. The molecule has 1 N–H and O–H groups in total. The van der Waals surface area contributed by atoms with Crippen molar-refractivity contribution in [1.29, 1.82) is 5.26 Å². The third-order valence-electron chi connectivity index (χ3n) is 5.71. The molecule has 1 aliphatic heterocycles. The summed E-state index contributed by atoms with van der Waals surface area (Å²) in [5.74, 6) is -0.460. The molecule has 0 saturated carbocycles. The Balaban J connectivity index is 1.99. The van der Waals surface area contributed by atoms with E-state index in [0.717, 1.165) is 24.9 Å². The highest BCUT2D eigenvalue weighted by Gasteiger charge is 2.27. The number of benzene rings is 1. The average Bonchev–Trinajstić information content (AvgIpc) is 2.81. The largest absolute Gasteiger partial charge is 0.370 e. The average molecular weight is 456 g/mol. The first-order chi connectivity index (χ1) is 15.3. The van der Waals surface area contributed by atoms with Crippen LogP contribution in [0.2, 0.25) is 0 Å². The summed E-state index contributed by atoms with van der Waals surface area (Å²) < 4.78 is 27.9. The summed E-state index contributed by atoms with van der Waals surface area (Å²) in [7, 11) is -3.64. The van der Waals surface area contributed by atoms with Crippen LogP contribution in [0.5, 0.6) is 0 Å². The molecule has 0 atom stereocenters. The zero-order valence-electron chi connectivity index (χ0n) is 18.8. The van der Waals surface area contributed by atoms with Gasteiger partial charge in [0.25, 0.3) is 5.91 Å². The minimum Gasteiger partial charge on any atom is -0.370 e. The number of aromatic nitrogens is 1. The van der Waals surface area contributed by atoms with Crippen LogP contribution in [-0.2, 0) is 10.0 Å². The summed E-state index contributed by atoms with van der Waals surface area (Å²) in [5.41, 5.74) is 2.19. The van der Waals surface area contributed by atoms with E-state index in [9.17, 15) is 13.2 Å². The van der Waals surface area contributed by atoms with Crippen molar-refractivity contribution in [2.75, 3.05) is 36.4 Å². The van der Waals surface area contributed by atoms with Crippen molar-refractivity contribution in [2.24, 2.45) is 0 Å². The first kappa shape index (κ1) is 23.7. The first-order valence-corrected chi connectivity index (χ1v) is 12.3. The van der Waals surface area contributed by atoms with Gasteiger partial charge in [0.1, 0.15) is 11.8 Å². The first-order valence-electron chi connectivity index (χ1n) is 10.9. The number of carbonyl (C=O) groups excluding carboxylic acids is 1. The van der Waals surface area contributed by atoms with Crippen LogP contribution in [0.4, 0.5) is 11.4 Å². The zero-order valence-corrected chi connectivity index (χ0v) is 19.6. The lowest BCUT2D eigenvalue weighted by atomic mass is 10.2. The number of amides is 1. The molecule has 0 radical (unpaired) electrons. The van der Waals surface area contributed by atoms with E-state index in [0.29, 0.717) is 43.1 Å². The maximum absolute atomic E-state index is 13.2. The van der Waals surface area contributed by atoms with Crippen LogP contribution >= 0.6 is 0 Å². The van der Waals surface area contributed by atoms with Crippen LogP contribution in [0.1, 0.15) is 54.9 Å². The van der Waals surface area contributed by atoms with Crippen LogP contribution in [-0.4, -0.2) is 49.8 Å². The van der Waals surface area contributed by atoms with E-state index in [1.807, 2.05) is 24.8 Å². The molecule has 170 valence electrons. The van der Waals surface area contributed by atoms with Gasteiger partial charge in [-0.1, -0.05) is 6.42 Å². The van der Waals surface area contributed by atoms with Gasteiger partial charge in [0, 0.05) is 26.2 Å². The second-order valence-corrected chi connectivity index (χ2v) is 9.65. The summed E-state index contributed by atoms with van der Waals surface area (Å²) in [5, 5.41) is 11.9. The van der Waals surface area contributed by atoms with Crippen LogP contribution in [0.15, 0.2) is 35.2 Å². The number of carbonyl (C=O) groups is 1. The second kappa shape index (κ2) is 10.1. The Morgan fingerprint density at radius 1 is 1.16 bits per heavy atom. The van der Waals surface area contributed by atoms with Crippen LogP contribution in [0, 0.1) is 18.3 Å². The van der Waals surface area contributed by atoms with Crippen molar-refractivity contribution in [3.8, 4) is 6.07 Å². The fourth-order valence-corrected chi connectivity index (χ4v) is 5.41. The predicted octanol–water partition coefficient (Wildman–Crippen LogP) is 3.53. The van der Waals surface area contributed by atoms with E-state index in [1.54, 1.807) is 25.1 Å². The Morgan fingerprint density at radius 2 is 1.84 bits per heavy atom. The number of aryl methyl sites for hydroxylation is 1. The molecule has 9 heteroatoms. The molecule has 0 unspecified atom stereocenters. The molecule has 1 saturated heterocycles. The Morgan fingerprint density at radius 3 is 2.44 bits per heavy atom. The van der Waals surface area contributed by atoms with E-state index < -0.39 is 15.9 Å². The van der Waals surface area contributed by atoms with Gasteiger partial charge >= 0.3 is 0 Å². The topological polar surface area (TPSA) is 106 Å². The number of nitrogens with one attached hydrogen (secondary N) is 1. The Kier molecular flexibility index (Phi) is 7.48. The minimum absolute atomic E-state index is 0.162. The third-order valence-corrected chi connectivity index (χ3v) is 7.61. The number of nitriles is 1. The molecule has 0 spiro atoms. The van der Waals surface area contributed by atoms with Crippen molar-refractivity contribution in [3.63, 3.8) is 0 Å². The summed E-state index contributed by atoms with van der Waals surface area (Å²) in [6.07, 6.45) is 2.74. The van der Waals surface area contributed by atoms with Crippen molar-refractivity contribution in [1.82, 2.24) is 9.29 Å². The standard InChI is InChI=1S/C23H29N5O3S/c1-4-27(5-2)22-12-10-19(32(30,31)28-13-7-6-8-14-28)15-21(22)26-23(29)20-11-9-18(16-24)17(3)25-20/h9-12,15H,4-8,13-14H2,1-3H3,(H,26,29). The summed E-state index contributed by atoms with van der Waals surface area (Å²) in [6, 6.07) is 9.97. The number of piperidine rings is 1. The highest BCUT2D eigenvalue weighted by molar-refractivity contribution is 7.89. The molecule has 2 aromatic rings. The van der Waals surface area contributed by atoms with Crippen molar-refractivity contribution >= 4 is 27.3 Å². The second-order valence-electron chi connectivity index (χ2n) is 7.71. The highest BCUT2D eigenvalue weighted by atomic mass is 32.2. The third kappa shape index (κ3) is 4.92. The maximum Gasteiger partial charge on any atom is 0.274 e. The SMILES string of the molecule is CCN(CC)c1ccc(S(=O)(=O)N2CCCCC2)cc1NC(=O)c1ccc(C#N)c(C)n1.